The fraction of sp³-hybridized carbons (Fsp3) is 0.276. The Morgan fingerprint density at radius 1 is 1.16 bits per heavy atom. The molecule has 0 bridgehead atoms. The third kappa shape index (κ3) is 6.35. The summed E-state index contributed by atoms with van der Waals surface area (Å²) in [5, 5.41) is 15.3. The van der Waals surface area contributed by atoms with Crippen LogP contribution in [-0.4, -0.2) is 53.5 Å². The normalized spacial score (nSPS) is 15.6. The van der Waals surface area contributed by atoms with Gasteiger partial charge in [0.1, 0.15) is 22.9 Å². The van der Waals surface area contributed by atoms with Gasteiger partial charge in [-0.15, -0.1) is 0 Å². The minimum atomic E-state index is -0.626. The lowest BCUT2D eigenvalue weighted by Gasteiger charge is -2.07. The summed E-state index contributed by atoms with van der Waals surface area (Å²) in [5.74, 6) is -0.900. The van der Waals surface area contributed by atoms with Crippen molar-refractivity contribution in [1.29, 1.82) is 0 Å². The number of esters is 1. The van der Waals surface area contributed by atoms with E-state index in [0.29, 0.717) is 28.8 Å². The molecule has 2 N–H and O–H groups in total. The Hall–Kier alpha value is -3.82. The first kappa shape index (κ1) is 27.2. The van der Waals surface area contributed by atoms with Crippen LogP contribution in [0.25, 0.3) is 17.0 Å². The molecule has 4 rings (SSSR count). The molecule has 0 saturated heterocycles. The molecule has 0 unspecified atom stereocenters. The van der Waals surface area contributed by atoms with Crippen LogP contribution >= 0.6 is 11.8 Å². The summed E-state index contributed by atoms with van der Waals surface area (Å²) in [6.07, 6.45) is 4.43. The van der Waals surface area contributed by atoms with Crippen molar-refractivity contribution < 1.29 is 24.2 Å². The lowest BCUT2D eigenvalue weighted by atomic mass is 10.1. The quantitative estimate of drug-likeness (QED) is 0.271. The molecular weight excluding hydrogens is 502 g/mol. The molecule has 2 aromatic carbocycles. The number of rotatable bonds is 10. The second-order valence-corrected chi connectivity index (χ2v) is 9.76. The van der Waals surface area contributed by atoms with E-state index in [-0.39, 0.29) is 30.4 Å². The summed E-state index contributed by atoms with van der Waals surface area (Å²) in [4.78, 5) is 30.4. The average molecular weight is 534 g/mol. The molecule has 198 valence electrons. The maximum atomic E-state index is 12.8. The molecule has 8 nitrogen and oxygen atoms in total. The standard InChI is InChI=1S/C29H31N3O5S/c1-4-37-29(35)26-27(34)24(38-28(26)31-21-12-10-19(2)11-13-21)16-20-17-32(23-9-6-5-8-22(20)23)18-25(33)30-14-7-15-36-3/h5-6,8-13,16-17,34H,4,7,14-15,18H2,1-3H3,(H,30,33)/b24-16-,31-28?. The fourth-order valence-electron chi connectivity index (χ4n) is 4.05. The van der Waals surface area contributed by atoms with E-state index in [1.165, 1.54) is 11.8 Å². The van der Waals surface area contributed by atoms with Crippen LogP contribution in [0.2, 0.25) is 0 Å². The van der Waals surface area contributed by atoms with Gasteiger partial charge < -0.3 is 24.5 Å². The molecule has 3 aromatic rings. The number of hydrogen-bond acceptors (Lipinski definition) is 7. The van der Waals surface area contributed by atoms with Gasteiger partial charge in [0.15, 0.2) is 0 Å². The van der Waals surface area contributed by atoms with E-state index in [0.717, 1.165) is 28.5 Å². The first-order valence-corrected chi connectivity index (χ1v) is 13.2. The van der Waals surface area contributed by atoms with Crippen molar-refractivity contribution in [3.63, 3.8) is 0 Å². The van der Waals surface area contributed by atoms with Crippen LogP contribution in [0.5, 0.6) is 0 Å². The molecule has 1 aliphatic heterocycles. The maximum Gasteiger partial charge on any atom is 0.344 e. The number of aromatic nitrogens is 1. The summed E-state index contributed by atoms with van der Waals surface area (Å²) >= 11 is 1.21. The number of fused-ring (bicyclic) bond motifs is 1. The molecule has 0 aliphatic carbocycles. The SMILES string of the molecule is CCOC(=O)C1=C(O)/C(=C/c2cn(CC(=O)NCCCOC)c3ccccc23)SC1=Nc1ccc(C)cc1. The Morgan fingerprint density at radius 3 is 2.66 bits per heavy atom. The van der Waals surface area contributed by atoms with Gasteiger partial charge in [0.05, 0.1) is 17.2 Å². The van der Waals surface area contributed by atoms with Crippen molar-refractivity contribution in [3.05, 3.63) is 82.1 Å². The number of aliphatic hydroxyl groups excluding tert-OH is 1. The van der Waals surface area contributed by atoms with Crippen molar-refractivity contribution >= 4 is 51.3 Å². The van der Waals surface area contributed by atoms with Crippen molar-refractivity contribution in [2.24, 2.45) is 4.99 Å². The number of amides is 1. The number of aliphatic imine (C=N–C) groups is 1. The summed E-state index contributed by atoms with van der Waals surface area (Å²) in [7, 11) is 1.63. The Balaban J connectivity index is 1.68. The first-order chi connectivity index (χ1) is 18.4. The van der Waals surface area contributed by atoms with E-state index in [9.17, 15) is 14.7 Å². The molecule has 0 saturated carbocycles. The van der Waals surface area contributed by atoms with Gasteiger partial charge in [0.25, 0.3) is 0 Å². The van der Waals surface area contributed by atoms with Gasteiger partial charge in [0.2, 0.25) is 5.91 Å². The van der Waals surface area contributed by atoms with Gasteiger partial charge in [0, 0.05) is 42.9 Å². The van der Waals surface area contributed by atoms with E-state index in [1.54, 1.807) is 14.0 Å². The van der Waals surface area contributed by atoms with Crippen LogP contribution in [0, 0.1) is 6.92 Å². The van der Waals surface area contributed by atoms with Crippen molar-refractivity contribution in [2.45, 2.75) is 26.8 Å². The predicted molar refractivity (Wildman–Crippen MR) is 152 cm³/mol. The van der Waals surface area contributed by atoms with Gasteiger partial charge in [-0.2, -0.15) is 0 Å². The number of ether oxygens (including phenoxy) is 2. The maximum absolute atomic E-state index is 12.8. The zero-order valence-corrected chi connectivity index (χ0v) is 22.5. The zero-order chi connectivity index (χ0) is 27.1. The van der Waals surface area contributed by atoms with Gasteiger partial charge >= 0.3 is 5.97 Å². The summed E-state index contributed by atoms with van der Waals surface area (Å²) in [6.45, 7) is 5.16. The third-order valence-corrected chi connectivity index (χ3v) is 6.92. The van der Waals surface area contributed by atoms with Crippen LogP contribution in [0.4, 0.5) is 5.69 Å². The van der Waals surface area contributed by atoms with Crippen molar-refractivity contribution in [3.8, 4) is 0 Å². The number of benzene rings is 2. The van der Waals surface area contributed by atoms with Crippen LogP contribution < -0.4 is 5.32 Å². The lowest BCUT2D eigenvalue weighted by Crippen LogP contribution is -2.28. The van der Waals surface area contributed by atoms with E-state index in [2.05, 4.69) is 10.3 Å². The molecule has 38 heavy (non-hydrogen) atoms. The van der Waals surface area contributed by atoms with Crippen LogP contribution in [0.1, 0.15) is 24.5 Å². The second-order valence-electron chi connectivity index (χ2n) is 8.73. The monoisotopic (exact) mass is 533 g/mol. The molecule has 0 fully saturated rings. The first-order valence-electron chi connectivity index (χ1n) is 12.4. The Bertz CT molecular complexity index is 1420. The second kappa shape index (κ2) is 12.6. The van der Waals surface area contributed by atoms with Gasteiger partial charge in [-0.25, -0.2) is 9.79 Å². The Kier molecular flexibility index (Phi) is 9.04. The molecular formula is C29H31N3O5S. The highest BCUT2D eigenvalue weighted by Crippen LogP contribution is 2.41. The lowest BCUT2D eigenvalue weighted by molar-refractivity contribution is -0.138. The number of hydrogen-bond donors (Lipinski definition) is 2. The van der Waals surface area contributed by atoms with Crippen molar-refractivity contribution in [2.75, 3.05) is 26.9 Å². The predicted octanol–water partition coefficient (Wildman–Crippen LogP) is 5.30. The van der Waals surface area contributed by atoms with Gasteiger partial charge in [-0.3, -0.25) is 4.79 Å². The number of para-hydroxylation sites is 1. The molecule has 0 atom stereocenters. The Labute approximate surface area is 226 Å². The fourth-order valence-corrected chi connectivity index (χ4v) is 5.07. The number of carbonyl (C=O) groups excluding carboxylic acids is 2. The minimum absolute atomic E-state index is 0.0443. The largest absolute Gasteiger partial charge is 0.506 e. The summed E-state index contributed by atoms with van der Waals surface area (Å²) < 4.78 is 12.1. The van der Waals surface area contributed by atoms with Crippen LogP contribution in [0.15, 0.2) is 76.0 Å². The number of nitrogens with one attached hydrogen (secondary N) is 1. The molecule has 0 radical (unpaired) electrons. The summed E-state index contributed by atoms with van der Waals surface area (Å²) in [5.41, 5.74) is 3.50. The number of methoxy groups -OCH3 is 1. The topological polar surface area (TPSA) is 102 Å². The summed E-state index contributed by atoms with van der Waals surface area (Å²) in [6, 6.07) is 15.3. The molecule has 0 spiro atoms. The number of thioether (sulfide) groups is 1. The van der Waals surface area contributed by atoms with E-state index < -0.39 is 5.97 Å². The van der Waals surface area contributed by atoms with E-state index >= 15 is 0 Å². The Morgan fingerprint density at radius 2 is 1.92 bits per heavy atom. The highest BCUT2D eigenvalue weighted by Gasteiger charge is 2.33. The third-order valence-electron chi connectivity index (χ3n) is 5.90. The van der Waals surface area contributed by atoms with E-state index in [4.69, 9.17) is 9.47 Å². The van der Waals surface area contributed by atoms with E-state index in [1.807, 2.05) is 72.3 Å². The van der Waals surface area contributed by atoms with Gasteiger partial charge in [-0.1, -0.05) is 47.7 Å². The molecule has 1 aliphatic rings. The number of carbonyl (C=O) groups is 2. The highest BCUT2D eigenvalue weighted by atomic mass is 32.2. The van der Waals surface area contributed by atoms with Crippen molar-refractivity contribution in [1.82, 2.24) is 9.88 Å². The highest BCUT2D eigenvalue weighted by molar-refractivity contribution is 8.18. The number of aryl methyl sites for hydroxylation is 1. The smallest absolute Gasteiger partial charge is 0.344 e. The molecule has 2 heterocycles. The molecule has 1 amide bonds. The number of nitrogens with zero attached hydrogens (tertiary/aromatic N) is 2. The minimum Gasteiger partial charge on any atom is -0.506 e. The van der Waals surface area contributed by atoms with Crippen LogP contribution in [-0.2, 0) is 25.6 Å². The molecule has 9 heteroatoms. The number of aliphatic hydroxyl groups is 1. The van der Waals surface area contributed by atoms with Gasteiger partial charge in [-0.05, 0) is 44.5 Å². The average Bonchev–Trinajstić information content (AvgIpc) is 3.40. The zero-order valence-electron chi connectivity index (χ0n) is 21.7. The van der Waals surface area contributed by atoms with Crippen LogP contribution in [0.3, 0.4) is 0 Å². The molecule has 1 aromatic heterocycles.